The fraction of sp³-hybridized carbons (Fsp3) is 0.789. The van der Waals surface area contributed by atoms with Gasteiger partial charge in [-0.1, -0.05) is 6.42 Å². The summed E-state index contributed by atoms with van der Waals surface area (Å²) in [5, 5.41) is 7.70. The van der Waals surface area contributed by atoms with Gasteiger partial charge in [0.1, 0.15) is 0 Å². The van der Waals surface area contributed by atoms with Crippen molar-refractivity contribution in [2.75, 3.05) is 19.7 Å². The van der Waals surface area contributed by atoms with Gasteiger partial charge in [0.05, 0.1) is 24.4 Å². The van der Waals surface area contributed by atoms with Crippen molar-refractivity contribution in [1.82, 2.24) is 20.0 Å². The highest BCUT2D eigenvalue weighted by Crippen LogP contribution is 2.22. The first kappa shape index (κ1) is 18.4. The number of nitrogens with zero attached hydrogens (tertiary/aromatic N) is 3. The highest BCUT2D eigenvalue weighted by molar-refractivity contribution is 5.81. The van der Waals surface area contributed by atoms with Crippen LogP contribution in [-0.2, 0) is 16.1 Å². The lowest BCUT2D eigenvalue weighted by atomic mass is 9.99. The molecule has 2 fully saturated rings. The largest absolute Gasteiger partial charge is 0.376 e. The molecule has 0 unspecified atom stereocenters. The van der Waals surface area contributed by atoms with E-state index in [1.807, 2.05) is 13.8 Å². The molecule has 3 heterocycles. The summed E-state index contributed by atoms with van der Waals surface area (Å²) in [4.78, 5) is 15.0. The second kappa shape index (κ2) is 8.32. The molecule has 25 heavy (non-hydrogen) atoms. The Balaban J connectivity index is 1.58. The molecule has 1 aromatic heterocycles. The number of nitrogens with one attached hydrogen (secondary N) is 1. The van der Waals surface area contributed by atoms with Gasteiger partial charge in [-0.2, -0.15) is 5.10 Å². The van der Waals surface area contributed by atoms with Gasteiger partial charge in [0.2, 0.25) is 5.91 Å². The fourth-order valence-electron chi connectivity index (χ4n) is 4.11. The van der Waals surface area contributed by atoms with E-state index in [1.165, 1.54) is 12.1 Å². The summed E-state index contributed by atoms with van der Waals surface area (Å²) in [6.45, 7) is 9.48. The minimum Gasteiger partial charge on any atom is -0.376 e. The lowest BCUT2D eigenvalue weighted by Gasteiger charge is -2.39. The number of aryl methyl sites for hydroxylation is 2. The maximum Gasteiger partial charge on any atom is 0.237 e. The van der Waals surface area contributed by atoms with Gasteiger partial charge in [-0.3, -0.25) is 14.4 Å². The van der Waals surface area contributed by atoms with Crippen LogP contribution in [0.5, 0.6) is 0 Å². The number of carbonyl (C=O) groups excluding carboxylic acids is 1. The number of piperidine rings is 1. The quantitative estimate of drug-likeness (QED) is 0.855. The third kappa shape index (κ3) is 4.61. The number of aromatic nitrogens is 2. The first-order valence-corrected chi connectivity index (χ1v) is 9.70. The lowest BCUT2D eigenvalue weighted by molar-refractivity contribution is -0.128. The van der Waals surface area contributed by atoms with E-state index in [2.05, 4.69) is 33.0 Å². The molecule has 3 atom stereocenters. The molecule has 1 N–H and O–H groups in total. The Bertz CT molecular complexity index is 580. The van der Waals surface area contributed by atoms with Crippen LogP contribution in [0.25, 0.3) is 0 Å². The third-order valence-electron chi connectivity index (χ3n) is 5.56. The second-order valence-electron chi connectivity index (χ2n) is 7.55. The molecular formula is C19H32N4O2. The predicted molar refractivity (Wildman–Crippen MR) is 97.5 cm³/mol. The zero-order chi connectivity index (χ0) is 17.8. The molecule has 1 aromatic rings. The van der Waals surface area contributed by atoms with E-state index in [0.717, 1.165) is 51.1 Å². The van der Waals surface area contributed by atoms with Crippen molar-refractivity contribution in [1.29, 1.82) is 0 Å². The summed E-state index contributed by atoms with van der Waals surface area (Å²) in [5.74, 6) is 0.121. The molecule has 0 aliphatic carbocycles. The number of hydrogen-bond acceptors (Lipinski definition) is 4. The molecule has 0 saturated carbocycles. The Morgan fingerprint density at radius 1 is 1.36 bits per heavy atom. The summed E-state index contributed by atoms with van der Waals surface area (Å²) in [7, 11) is 0. The normalized spacial score (nSPS) is 25.9. The highest BCUT2D eigenvalue weighted by Gasteiger charge is 2.31. The smallest absolute Gasteiger partial charge is 0.237 e. The van der Waals surface area contributed by atoms with Crippen molar-refractivity contribution in [3.05, 3.63) is 17.5 Å². The van der Waals surface area contributed by atoms with E-state index in [-0.39, 0.29) is 18.1 Å². The van der Waals surface area contributed by atoms with Crippen molar-refractivity contribution in [3.8, 4) is 0 Å². The van der Waals surface area contributed by atoms with Gasteiger partial charge in [0, 0.05) is 24.9 Å². The Hall–Kier alpha value is -1.40. The van der Waals surface area contributed by atoms with Gasteiger partial charge in [-0.15, -0.1) is 0 Å². The third-order valence-corrected chi connectivity index (χ3v) is 5.56. The van der Waals surface area contributed by atoms with Crippen molar-refractivity contribution >= 4 is 5.91 Å². The SMILES string of the molecule is Cc1cc(C)n(C[C@@H]2CCCCN2[C@H](C)C(=O)NC[C@H]2CCCO2)n1. The minimum absolute atomic E-state index is 0.108. The molecule has 1 amide bonds. The van der Waals surface area contributed by atoms with Gasteiger partial charge < -0.3 is 10.1 Å². The van der Waals surface area contributed by atoms with Crippen LogP contribution in [0.1, 0.15) is 50.4 Å². The molecule has 0 aromatic carbocycles. The van der Waals surface area contributed by atoms with Crippen LogP contribution in [0.15, 0.2) is 6.07 Å². The van der Waals surface area contributed by atoms with Gasteiger partial charge in [0.15, 0.2) is 0 Å². The highest BCUT2D eigenvalue weighted by atomic mass is 16.5. The average Bonchev–Trinajstić information content (AvgIpc) is 3.22. The molecule has 6 heteroatoms. The van der Waals surface area contributed by atoms with E-state index in [9.17, 15) is 4.79 Å². The summed E-state index contributed by atoms with van der Waals surface area (Å²) in [6, 6.07) is 2.38. The van der Waals surface area contributed by atoms with Crippen LogP contribution in [0.4, 0.5) is 0 Å². The van der Waals surface area contributed by atoms with E-state index in [4.69, 9.17) is 4.74 Å². The molecule has 3 rings (SSSR count). The van der Waals surface area contributed by atoms with Crippen molar-refractivity contribution < 1.29 is 9.53 Å². The van der Waals surface area contributed by atoms with Crippen LogP contribution < -0.4 is 5.32 Å². The van der Waals surface area contributed by atoms with E-state index >= 15 is 0 Å². The summed E-state index contributed by atoms with van der Waals surface area (Å²) in [6.07, 6.45) is 5.87. The van der Waals surface area contributed by atoms with Crippen LogP contribution in [0.2, 0.25) is 0 Å². The molecular weight excluding hydrogens is 316 g/mol. The Morgan fingerprint density at radius 2 is 2.20 bits per heavy atom. The first-order valence-electron chi connectivity index (χ1n) is 9.70. The number of ether oxygens (including phenoxy) is 1. The van der Waals surface area contributed by atoms with Gasteiger partial charge in [-0.25, -0.2) is 0 Å². The second-order valence-corrected chi connectivity index (χ2v) is 7.55. The molecule has 2 saturated heterocycles. The number of rotatable bonds is 6. The van der Waals surface area contributed by atoms with Crippen LogP contribution >= 0.6 is 0 Å². The molecule has 0 radical (unpaired) electrons. The number of hydrogen-bond donors (Lipinski definition) is 1. The number of likely N-dealkylation sites (tertiary alicyclic amines) is 1. The zero-order valence-electron chi connectivity index (χ0n) is 15.8. The standard InChI is InChI=1S/C19H32N4O2/c1-14-11-15(2)23(21-14)13-17-7-4-5-9-22(17)16(3)19(24)20-12-18-8-6-10-25-18/h11,16-18H,4-10,12-13H2,1-3H3,(H,20,24)/t16-,17+,18-/m1/s1. The van der Waals surface area contributed by atoms with Crippen molar-refractivity contribution in [2.24, 2.45) is 0 Å². The van der Waals surface area contributed by atoms with E-state index in [1.54, 1.807) is 0 Å². The maximum atomic E-state index is 12.6. The molecule has 2 aliphatic heterocycles. The molecule has 0 spiro atoms. The Kier molecular flexibility index (Phi) is 6.12. The van der Waals surface area contributed by atoms with E-state index < -0.39 is 0 Å². The zero-order valence-corrected chi connectivity index (χ0v) is 15.8. The maximum absolute atomic E-state index is 12.6. The lowest BCUT2D eigenvalue weighted by Crippen LogP contribution is -2.53. The molecule has 6 nitrogen and oxygen atoms in total. The van der Waals surface area contributed by atoms with Gasteiger partial charge >= 0.3 is 0 Å². The Labute approximate surface area is 150 Å². The molecule has 140 valence electrons. The number of amides is 1. The van der Waals surface area contributed by atoms with Crippen molar-refractivity contribution in [2.45, 2.75) is 77.6 Å². The van der Waals surface area contributed by atoms with Crippen molar-refractivity contribution in [3.63, 3.8) is 0 Å². The average molecular weight is 348 g/mol. The monoisotopic (exact) mass is 348 g/mol. The first-order chi connectivity index (χ1) is 12.0. The van der Waals surface area contributed by atoms with Crippen LogP contribution in [0.3, 0.4) is 0 Å². The topological polar surface area (TPSA) is 59.4 Å². The van der Waals surface area contributed by atoms with Gasteiger partial charge in [-0.05, 0) is 59.1 Å². The summed E-state index contributed by atoms with van der Waals surface area (Å²) >= 11 is 0. The Morgan fingerprint density at radius 3 is 2.88 bits per heavy atom. The van der Waals surface area contributed by atoms with Gasteiger partial charge in [0.25, 0.3) is 0 Å². The minimum atomic E-state index is -0.108. The fourth-order valence-corrected chi connectivity index (χ4v) is 4.11. The summed E-state index contributed by atoms with van der Waals surface area (Å²) in [5.41, 5.74) is 2.25. The summed E-state index contributed by atoms with van der Waals surface area (Å²) < 4.78 is 7.70. The number of carbonyl (C=O) groups is 1. The van der Waals surface area contributed by atoms with Crippen LogP contribution in [0, 0.1) is 13.8 Å². The molecule has 0 bridgehead atoms. The molecule has 2 aliphatic rings. The predicted octanol–water partition coefficient (Wildman–Crippen LogP) is 2.04. The van der Waals surface area contributed by atoms with Crippen LogP contribution in [-0.4, -0.2) is 58.5 Å². The van der Waals surface area contributed by atoms with E-state index in [0.29, 0.717) is 12.6 Å².